The lowest BCUT2D eigenvalue weighted by Gasteiger charge is -2.35. The first-order chi connectivity index (χ1) is 17.7. The summed E-state index contributed by atoms with van der Waals surface area (Å²) in [5.41, 5.74) is 1.27. The molecule has 0 spiro atoms. The van der Waals surface area contributed by atoms with Crippen molar-refractivity contribution in [2.45, 2.75) is 18.4 Å². The number of anilines is 4. The van der Waals surface area contributed by atoms with Crippen molar-refractivity contribution in [1.82, 2.24) is 15.0 Å². The third kappa shape index (κ3) is 5.44. The molecule has 3 aromatic rings. The van der Waals surface area contributed by atoms with Crippen LogP contribution in [0.5, 0.6) is 5.75 Å². The summed E-state index contributed by atoms with van der Waals surface area (Å²) in [6.07, 6.45) is 0. The van der Waals surface area contributed by atoms with Crippen LogP contribution in [-0.4, -0.2) is 73.9 Å². The Morgan fingerprint density at radius 1 is 1.11 bits per heavy atom. The molecule has 0 aliphatic carbocycles. The number of nitrogens with zero attached hydrogens (tertiary/aromatic N) is 5. The Balaban J connectivity index is 1.50. The van der Waals surface area contributed by atoms with Gasteiger partial charge in [0.05, 0.1) is 30.3 Å². The molecule has 0 amide bonds. The zero-order valence-corrected chi connectivity index (χ0v) is 21.5. The lowest BCUT2D eigenvalue weighted by atomic mass is 10.2. The molecule has 37 heavy (non-hydrogen) atoms. The Kier molecular flexibility index (Phi) is 6.85. The molecule has 5 rings (SSSR count). The molecule has 1 saturated heterocycles. The van der Waals surface area contributed by atoms with Crippen LogP contribution in [0.4, 0.5) is 22.7 Å². The minimum atomic E-state index is -3.78. The number of carboxylic acids is 1. The van der Waals surface area contributed by atoms with E-state index in [9.17, 15) is 18.3 Å². The van der Waals surface area contributed by atoms with E-state index in [-0.39, 0.29) is 15.7 Å². The number of thiazole rings is 1. The fourth-order valence-electron chi connectivity index (χ4n) is 4.08. The molecule has 0 atom stereocenters. The first-order valence-corrected chi connectivity index (χ1v) is 13.8. The van der Waals surface area contributed by atoms with Crippen LogP contribution >= 0.6 is 11.3 Å². The average molecular weight is 548 g/mol. The van der Waals surface area contributed by atoms with E-state index in [1.165, 1.54) is 12.1 Å². The van der Waals surface area contributed by atoms with Gasteiger partial charge in [0.2, 0.25) is 21.7 Å². The molecule has 1 fully saturated rings. The maximum absolute atomic E-state index is 11.6. The van der Waals surface area contributed by atoms with Crippen molar-refractivity contribution in [1.29, 1.82) is 0 Å². The molecule has 196 valence electrons. The van der Waals surface area contributed by atoms with Gasteiger partial charge < -0.3 is 24.4 Å². The van der Waals surface area contributed by atoms with Gasteiger partial charge in [-0.2, -0.15) is 9.97 Å². The number of aromatic nitrogens is 3. The monoisotopic (exact) mass is 547 g/mol. The number of aryl methyl sites for hydroxylation is 1. The van der Waals surface area contributed by atoms with Crippen molar-refractivity contribution < 1.29 is 27.8 Å². The number of hydrogen-bond donors (Lipinski definition) is 3. The van der Waals surface area contributed by atoms with E-state index in [4.69, 9.17) is 24.6 Å². The molecule has 0 bridgehead atoms. The maximum atomic E-state index is 11.6. The van der Waals surface area contributed by atoms with Gasteiger partial charge in [0, 0.05) is 19.6 Å². The Morgan fingerprint density at radius 3 is 2.46 bits per heavy atom. The summed E-state index contributed by atoms with van der Waals surface area (Å²) in [6, 6.07) is 6.37. The summed E-state index contributed by atoms with van der Waals surface area (Å²) in [5.74, 6) is 0.924. The third-order valence-electron chi connectivity index (χ3n) is 5.88. The van der Waals surface area contributed by atoms with Crippen LogP contribution in [0.15, 0.2) is 29.2 Å². The van der Waals surface area contributed by atoms with Crippen LogP contribution in [0.25, 0.3) is 0 Å². The number of primary sulfonamides is 1. The first kappa shape index (κ1) is 25.1. The van der Waals surface area contributed by atoms with E-state index >= 15 is 0 Å². The number of rotatable bonds is 7. The fraction of sp³-hybridized carbons (Fsp3) is 0.364. The number of fused-ring (bicyclic) bond motifs is 1. The number of morpholine rings is 1. The van der Waals surface area contributed by atoms with E-state index < -0.39 is 16.0 Å². The Bertz CT molecular complexity index is 1420. The normalized spacial score (nSPS) is 15.7. The van der Waals surface area contributed by atoms with Gasteiger partial charge in [-0.15, -0.1) is 0 Å². The summed E-state index contributed by atoms with van der Waals surface area (Å²) >= 11 is 1.01. The van der Waals surface area contributed by atoms with E-state index in [1.54, 1.807) is 19.1 Å². The van der Waals surface area contributed by atoms with Crippen LogP contribution in [-0.2, 0) is 21.3 Å². The fourth-order valence-corrected chi connectivity index (χ4v) is 5.40. The number of nitrogens with two attached hydrogens (primary N) is 1. The molecular weight excluding hydrogens is 522 g/mol. The zero-order chi connectivity index (χ0) is 26.2. The minimum Gasteiger partial charge on any atom is -0.485 e. The smallest absolute Gasteiger partial charge is 0.347 e. The predicted octanol–water partition coefficient (Wildman–Crippen LogP) is 1.57. The van der Waals surface area contributed by atoms with E-state index in [2.05, 4.69) is 15.2 Å². The number of sulfonamides is 1. The van der Waals surface area contributed by atoms with E-state index in [0.717, 1.165) is 16.9 Å². The van der Waals surface area contributed by atoms with Crippen LogP contribution < -0.4 is 25.0 Å². The Morgan fingerprint density at radius 2 is 1.81 bits per heavy atom. The van der Waals surface area contributed by atoms with Crippen LogP contribution in [0.1, 0.15) is 20.9 Å². The molecule has 13 nitrogen and oxygen atoms in total. The molecule has 4 heterocycles. The molecule has 0 saturated carbocycles. The summed E-state index contributed by atoms with van der Waals surface area (Å²) in [6.45, 7) is 5.40. The standard InChI is InChI=1S/C22H25N7O6S2/c1-13-17(20(30)31)36-22(24-13)27-21-25-18(28-6-9-34-10-7-28)16-19(26-21)29(8-11-35-16)12-14-2-4-15(5-3-14)37(23,32)33/h2-5H,6-12H2,1H3,(H,30,31)(H2,23,32,33)(H,24,25,26,27). The van der Waals surface area contributed by atoms with Gasteiger partial charge in [-0.25, -0.2) is 23.3 Å². The molecule has 1 aromatic carbocycles. The first-order valence-electron chi connectivity index (χ1n) is 11.4. The predicted molar refractivity (Wildman–Crippen MR) is 137 cm³/mol. The van der Waals surface area contributed by atoms with Crippen molar-refractivity contribution in [2.75, 3.05) is 54.6 Å². The second-order valence-corrected chi connectivity index (χ2v) is 11.0. The molecule has 4 N–H and O–H groups in total. The number of ether oxygens (including phenoxy) is 2. The van der Waals surface area contributed by atoms with Crippen LogP contribution in [0.3, 0.4) is 0 Å². The SMILES string of the molecule is Cc1nc(Nc2nc(N3CCOCC3)c3c(n2)N(Cc2ccc(S(N)(=O)=O)cc2)CCO3)sc1C(=O)O. The Labute approximate surface area is 216 Å². The second-order valence-electron chi connectivity index (χ2n) is 8.45. The van der Waals surface area contributed by atoms with Gasteiger partial charge in [-0.05, 0) is 24.6 Å². The number of aromatic carboxylic acids is 1. The van der Waals surface area contributed by atoms with E-state index in [0.29, 0.717) is 74.2 Å². The van der Waals surface area contributed by atoms with Crippen molar-refractivity contribution in [3.8, 4) is 5.75 Å². The number of carboxylic acid groups (broad SMARTS) is 1. The van der Waals surface area contributed by atoms with Gasteiger partial charge in [0.15, 0.2) is 16.8 Å². The summed E-state index contributed by atoms with van der Waals surface area (Å²) in [5, 5.41) is 18.0. The van der Waals surface area contributed by atoms with Crippen molar-refractivity contribution in [3.05, 3.63) is 40.4 Å². The minimum absolute atomic E-state index is 0.0431. The van der Waals surface area contributed by atoms with Gasteiger partial charge in [0.25, 0.3) is 0 Å². The van der Waals surface area contributed by atoms with Gasteiger partial charge in [-0.1, -0.05) is 23.5 Å². The van der Waals surface area contributed by atoms with Crippen LogP contribution in [0.2, 0.25) is 0 Å². The molecule has 2 aliphatic rings. The van der Waals surface area contributed by atoms with Crippen LogP contribution in [0, 0.1) is 6.92 Å². The van der Waals surface area contributed by atoms with Crippen molar-refractivity contribution in [2.24, 2.45) is 5.14 Å². The Hall–Kier alpha value is -3.53. The largest absolute Gasteiger partial charge is 0.485 e. The molecule has 0 unspecified atom stereocenters. The number of carbonyl (C=O) groups is 1. The van der Waals surface area contributed by atoms with Crippen molar-refractivity contribution in [3.63, 3.8) is 0 Å². The molecular formula is C22H25N7O6S2. The highest BCUT2D eigenvalue weighted by atomic mass is 32.2. The highest BCUT2D eigenvalue weighted by Crippen LogP contribution is 2.40. The quantitative estimate of drug-likeness (QED) is 0.390. The number of benzene rings is 1. The second kappa shape index (κ2) is 10.1. The third-order valence-corrected chi connectivity index (χ3v) is 7.87. The summed E-state index contributed by atoms with van der Waals surface area (Å²) < 4.78 is 34.8. The molecule has 15 heteroatoms. The van der Waals surface area contributed by atoms with Crippen molar-refractivity contribution >= 4 is 50.0 Å². The summed E-state index contributed by atoms with van der Waals surface area (Å²) in [4.78, 5) is 29.5. The highest BCUT2D eigenvalue weighted by Gasteiger charge is 2.29. The van der Waals surface area contributed by atoms with Gasteiger partial charge >= 0.3 is 5.97 Å². The topological polar surface area (TPSA) is 173 Å². The molecule has 0 radical (unpaired) electrons. The van der Waals surface area contributed by atoms with E-state index in [1.807, 2.05) is 4.90 Å². The number of nitrogens with one attached hydrogen (secondary N) is 1. The zero-order valence-electron chi connectivity index (χ0n) is 19.9. The highest BCUT2D eigenvalue weighted by molar-refractivity contribution is 7.89. The number of hydrogen-bond acceptors (Lipinski definition) is 12. The summed E-state index contributed by atoms with van der Waals surface area (Å²) in [7, 11) is -3.78. The molecule has 2 aromatic heterocycles. The van der Waals surface area contributed by atoms with Gasteiger partial charge in [0.1, 0.15) is 11.5 Å². The lowest BCUT2D eigenvalue weighted by Crippen LogP contribution is -2.39. The molecule has 2 aliphatic heterocycles. The van der Waals surface area contributed by atoms with Gasteiger partial charge in [-0.3, -0.25) is 5.32 Å². The lowest BCUT2D eigenvalue weighted by molar-refractivity contribution is 0.0701. The average Bonchev–Trinajstić information content (AvgIpc) is 3.24. The maximum Gasteiger partial charge on any atom is 0.347 e.